The summed E-state index contributed by atoms with van der Waals surface area (Å²) in [6.45, 7) is 1.60. The third-order valence-corrected chi connectivity index (χ3v) is 6.37. The molecular weight excluding hydrogens is 415 g/mol. The summed E-state index contributed by atoms with van der Waals surface area (Å²) in [6.07, 6.45) is 0.945. The summed E-state index contributed by atoms with van der Waals surface area (Å²) < 4.78 is 44.7. The Morgan fingerprint density at radius 1 is 1.46 bits per heavy atom. The van der Waals surface area contributed by atoms with E-state index in [-0.39, 0.29) is 28.4 Å². The van der Waals surface area contributed by atoms with Gasteiger partial charge in [0.25, 0.3) is 11.7 Å². The monoisotopic (exact) mass is 431 g/mol. The van der Waals surface area contributed by atoms with Crippen molar-refractivity contribution in [3.8, 4) is 0 Å². The molecule has 0 saturated carbocycles. The molecule has 2 aliphatic rings. The fraction of sp³-hybridized carbons (Fsp3) is 0.333. The van der Waals surface area contributed by atoms with E-state index in [2.05, 4.69) is 0 Å². The summed E-state index contributed by atoms with van der Waals surface area (Å²) in [5.74, 6) is -4.71. The quantitative estimate of drug-likeness (QED) is 0.656. The van der Waals surface area contributed by atoms with Crippen LogP contribution in [0.1, 0.15) is 30.1 Å². The number of hydrogen-bond acceptors (Lipinski definition) is 5. The molecule has 150 valence electrons. The molecule has 1 unspecified atom stereocenters. The number of carboxylic acid groups (broad SMARTS) is 1. The molecular formula is C18H16F3NO4S2. The SMILES string of the molecule is COC1=C(F)CC2C(=C1)C(CC(=O)O)=C(C)N2C(=O)c1csc(SC(F)F)c1. The van der Waals surface area contributed by atoms with Crippen LogP contribution >= 0.6 is 23.1 Å². The van der Waals surface area contributed by atoms with E-state index < -0.39 is 29.5 Å². The van der Waals surface area contributed by atoms with Crippen molar-refractivity contribution in [2.45, 2.75) is 35.8 Å². The third-order valence-electron chi connectivity index (χ3n) is 4.54. The second-order valence-corrected chi connectivity index (χ2v) is 8.34. The van der Waals surface area contributed by atoms with Crippen LogP contribution in [0, 0.1) is 0 Å². The number of carboxylic acids is 1. The van der Waals surface area contributed by atoms with Gasteiger partial charge in [-0.15, -0.1) is 11.3 Å². The number of rotatable bonds is 6. The molecule has 0 aromatic carbocycles. The maximum absolute atomic E-state index is 14.3. The van der Waals surface area contributed by atoms with Crippen LogP contribution in [0.4, 0.5) is 13.2 Å². The Labute approximate surface area is 167 Å². The molecule has 0 spiro atoms. The molecule has 1 N–H and O–H groups in total. The van der Waals surface area contributed by atoms with Crippen molar-refractivity contribution in [3.05, 3.63) is 51.5 Å². The van der Waals surface area contributed by atoms with E-state index in [4.69, 9.17) is 4.74 Å². The van der Waals surface area contributed by atoms with E-state index in [9.17, 15) is 27.9 Å². The standard InChI is InChI=1S/C18H16F3NO4S2/c1-8-10(5-15(23)24)11-4-14(26-2)12(19)6-13(11)22(8)17(25)9-3-16(27-7-9)28-18(20)21/h3-4,7,13,18H,5-6H2,1-2H3,(H,23,24). The minimum Gasteiger partial charge on any atom is -0.494 e. The summed E-state index contributed by atoms with van der Waals surface area (Å²) in [6, 6.07) is 0.664. The Bertz CT molecular complexity index is 920. The maximum atomic E-state index is 14.3. The Kier molecular flexibility index (Phi) is 5.90. The highest BCUT2D eigenvalue weighted by Gasteiger charge is 2.42. The van der Waals surface area contributed by atoms with Crippen LogP contribution in [0.25, 0.3) is 0 Å². The van der Waals surface area contributed by atoms with E-state index in [0.29, 0.717) is 28.6 Å². The molecule has 0 saturated heterocycles. The lowest BCUT2D eigenvalue weighted by molar-refractivity contribution is -0.136. The second-order valence-electron chi connectivity index (χ2n) is 6.14. The first-order chi connectivity index (χ1) is 13.2. The molecule has 1 aromatic rings. The number of alkyl halides is 2. The van der Waals surface area contributed by atoms with E-state index in [1.165, 1.54) is 29.5 Å². The second kappa shape index (κ2) is 8.04. The van der Waals surface area contributed by atoms with E-state index >= 15 is 0 Å². The predicted molar refractivity (Wildman–Crippen MR) is 98.9 cm³/mol. The molecule has 1 amide bonds. The van der Waals surface area contributed by atoms with Crippen molar-refractivity contribution >= 4 is 35.0 Å². The van der Waals surface area contributed by atoms with Gasteiger partial charge >= 0.3 is 5.97 Å². The molecule has 0 fully saturated rings. The van der Waals surface area contributed by atoms with Crippen molar-refractivity contribution < 1.29 is 32.6 Å². The number of ether oxygens (including phenoxy) is 1. The third kappa shape index (κ3) is 3.83. The molecule has 1 aromatic heterocycles. The van der Waals surface area contributed by atoms with Gasteiger partial charge in [0.15, 0.2) is 5.76 Å². The highest BCUT2D eigenvalue weighted by molar-refractivity contribution is 8.01. The van der Waals surface area contributed by atoms with Crippen LogP contribution in [0.15, 0.2) is 50.2 Å². The Balaban J connectivity index is 1.98. The molecule has 2 heterocycles. The van der Waals surface area contributed by atoms with Gasteiger partial charge in [-0.3, -0.25) is 9.59 Å². The topological polar surface area (TPSA) is 66.8 Å². The average Bonchev–Trinajstić information content (AvgIpc) is 3.16. The van der Waals surface area contributed by atoms with Gasteiger partial charge < -0.3 is 14.7 Å². The predicted octanol–water partition coefficient (Wildman–Crippen LogP) is 4.79. The number of aliphatic carboxylic acids is 1. The Morgan fingerprint density at radius 3 is 2.79 bits per heavy atom. The van der Waals surface area contributed by atoms with Crippen LogP contribution in [0.5, 0.6) is 0 Å². The highest BCUT2D eigenvalue weighted by atomic mass is 32.2. The number of carbonyl (C=O) groups excluding carboxylic acids is 1. The first-order valence-electron chi connectivity index (χ1n) is 8.16. The van der Waals surface area contributed by atoms with Gasteiger partial charge in [0.1, 0.15) is 5.83 Å². The molecule has 1 aliphatic carbocycles. The lowest BCUT2D eigenvalue weighted by atomic mass is 9.92. The minimum atomic E-state index is -2.60. The summed E-state index contributed by atoms with van der Waals surface area (Å²) >= 11 is 1.36. The zero-order chi connectivity index (χ0) is 20.6. The molecule has 5 nitrogen and oxygen atoms in total. The number of nitrogens with zero attached hydrogens (tertiary/aromatic N) is 1. The molecule has 10 heteroatoms. The number of methoxy groups -OCH3 is 1. The van der Waals surface area contributed by atoms with Gasteiger partial charge in [-0.2, -0.15) is 8.78 Å². The highest BCUT2D eigenvalue weighted by Crippen LogP contribution is 2.43. The van der Waals surface area contributed by atoms with Gasteiger partial charge in [-0.1, -0.05) is 0 Å². The number of amides is 1. The number of fused-ring (bicyclic) bond motifs is 1. The van der Waals surface area contributed by atoms with Crippen molar-refractivity contribution in [2.24, 2.45) is 0 Å². The number of hydrogen-bond donors (Lipinski definition) is 1. The first-order valence-corrected chi connectivity index (χ1v) is 9.91. The smallest absolute Gasteiger partial charge is 0.307 e. The molecule has 28 heavy (non-hydrogen) atoms. The Hall–Kier alpha value is -2.20. The molecule has 1 aliphatic heterocycles. The van der Waals surface area contributed by atoms with Gasteiger partial charge in [-0.25, -0.2) is 4.39 Å². The average molecular weight is 431 g/mol. The van der Waals surface area contributed by atoms with Crippen molar-refractivity contribution in [2.75, 3.05) is 7.11 Å². The van der Waals surface area contributed by atoms with Crippen molar-refractivity contribution in [1.29, 1.82) is 0 Å². The van der Waals surface area contributed by atoms with E-state index in [1.807, 2.05) is 0 Å². The van der Waals surface area contributed by atoms with Gasteiger partial charge in [-0.05, 0) is 42.0 Å². The molecule has 3 rings (SSSR count). The summed E-state index contributed by atoms with van der Waals surface area (Å²) in [7, 11) is 1.31. The van der Waals surface area contributed by atoms with Crippen LogP contribution in [0.3, 0.4) is 0 Å². The molecule has 0 bridgehead atoms. The number of thioether (sulfide) groups is 1. The first kappa shape index (κ1) is 20.5. The molecule has 1 atom stereocenters. The number of halogens is 3. The number of allylic oxidation sites excluding steroid dienone is 2. The summed E-state index contributed by atoms with van der Waals surface area (Å²) in [5.41, 5.74) is 1.54. The van der Waals surface area contributed by atoms with Gasteiger partial charge in [0, 0.05) is 17.5 Å². The van der Waals surface area contributed by atoms with Crippen molar-refractivity contribution in [1.82, 2.24) is 4.90 Å². The largest absolute Gasteiger partial charge is 0.494 e. The molecule has 0 radical (unpaired) electrons. The summed E-state index contributed by atoms with van der Waals surface area (Å²) in [5, 5.41) is 10.7. The zero-order valence-corrected chi connectivity index (χ0v) is 16.5. The van der Waals surface area contributed by atoms with E-state index in [1.54, 1.807) is 6.92 Å². The zero-order valence-electron chi connectivity index (χ0n) is 14.9. The number of thiophene rings is 1. The van der Waals surface area contributed by atoms with Gasteiger partial charge in [0.05, 0.1) is 29.3 Å². The number of carbonyl (C=O) groups is 2. The fourth-order valence-electron chi connectivity index (χ4n) is 3.36. The van der Waals surface area contributed by atoms with Crippen LogP contribution in [-0.2, 0) is 9.53 Å². The van der Waals surface area contributed by atoms with Crippen LogP contribution in [-0.4, -0.2) is 40.8 Å². The van der Waals surface area contributed by atoms with Crippen molar-refractivity contribution in [3.63, 3.8) is 0 Å². The normalized spacial score (nSPS) is 19.3. The van der Waals surface area contributed by atoms with E-state index in [0.717, 1.165) is 11.3 Å². The maximum Gasteiger partial charge on any atom is 0.307 e. The Morgan fingerprint density at radius 2 is 2.18 bits per heavy atom. The van der Waals surface area contributed by atoms with Crippen LogP contribution in [0.2, 0.25) is 0 Å². The lowest BCUT2D eigenvalue weighted by Crippen LogP contribution is -2.37. The minimum absolute atomic E-state index is 0.00221. The summed E-state index contributed by atoms with van der Waals surface area (Å²) in [4.78, 5) is 25.7. The fourth-order valence-corrected chi connectivity index (χ4v) is 4.93. The van der Waals surface area contributed by atoms with Gasteiger partial charge in [0.2, 0.25) is 0 Å². The lowest BCUT2D eigenvalue weighted by Gasteiger charge is -2.29. The van der Waals surface area contributed by atoms with Crippen LogP contribution < -0.4 is 0 Å².